The normalized spacial score (nSPS) is 20.9. The zero-order valence-corrected chi connectivity index (χ0v) is 15.9. The van der Waals surface area contributed by atoms with Crippen LogP contribution in [0.3, 0.4) is 0 Å². The largest absolute Gasteiger partial charge is 0.381 e. The molecule has 0 aromatic rings. The quantitative estimate of drug-likeness (QED) is 0.219. The van der Waals surface area contributed by atoms with E-state index in [-0.39, 0.29) is 0 Å². The molecule has 0 N–H and O–H groups in total. The molecule has 0 aliphatic rings. The van der Waals surface area contributed by atoms with Crippen molar-refractivity contribution in [1.82, 2.24) is 0 Å². The molecule has 16 heteroatoms. The van der Waals surface area contributed by atoms with Crippen molar-refractivity contribution in [3.05, 3.63) is 0 Å². The maximum Gasteiger partial charge on any atom is 0.381 e. The van der Waals surface area contributed by atoms with Crippen molar-refractivity contribution in [2.45, 2.75) is 36.6 Å². The fraction of sp³-hybridized carbons (Fsp3) is 1.00. The summed E-state index contributed by atoms with van der Waals surface area (Å²) in [6, 6.07) is 0. The predicted octanol–water partition coefficient (Wildman–Crippen LogP) is 6.99. The van der Waals surface area contributed by atoms with Gasteiger partial charge in [0, 0.05) is 0 Å². The lowest BCUT2D eigenvalue weighted by molar-refractivity contribution is -0.364. The molecule has 0 rings (SSSR count). The molecule has 0 aromatic heterocycles. The van der Waals surface area contributed by atoms with E-state index < -0.39 is 36.6 Å². The average Bonchev–Trinajstić information content (AvgIpc) is 2.24. The minimum Gasteiger partial charge on any atom is -0.216 e. The molecule has 0 aliphatic heterocycles. The average molecular weight is 632 g/mol. The summed E-state index contributed by atoms with van der Waals surface area (Å²) in [7, 11) is 0. The molecule has 0 aromatic carbocycles. The van der Waals surface area contributed by atoms with Gasteiger partial charge in [0.1, 0.15) is 0 Å². The van der Waals surface area contributed by atoms with Crippen molar-refractivity contribution in [3.8, 4) is 0 Å². The van der Waals surface area contributed by atoms with Gasteiger partial charge >= 0.3 is 36.6 Å². The number of hydrogen-bond acceptors (Lipinski definition) is 0. The van der Waals surface area contributed by atoms with E-state index in [9.17, 15) is 52.7 Å². The maximum absolute atomic E-state index is 13.3. The van der Waals surface area contributed by atoms with Gasteiger partial charge in [-0.3, -0.25) is 0 Å². The second-order valence-electron chi connectivity index (χ2n) is 3.87. The minimum atomic E-state index is -7.36. The zero-order chi connectivity index (χ0) is 19.5. The molecule has 0 spiro atoms. The van der Waals surface area contributed by atoms with Crippen LogP contribution in [0, 0.1) is 0 Å². The van der Waals surface area contributed by atoms with Crippen molar-refractivity contribution in [2.24, 2.45) is 0 Å². The van der Waals surface area contributed by atoms with E-state index in [1.807, 2.05) is 0 Å². The highest BCUT2D eigenvalue weighted by Gasteiger charge is 2.90. The predicted molar refractivity (Wildman–Crippen MR) is 68.1 cm³/mol. The first-order valence-electron chi connectivity index (χ1n) is 4.52. The van der Waals surface area contributed by atoms with E-state index in [1.54, 1.807) is 0 Å². The van der Waals surface area contributed by atoms with E-state index in [4.69, 9.17) is 0 Å². The van der Waals surface area contributed by atoms with Gasteiger partial charge in [-0.15, -0.1) is 0 Å². The van der Waals surface area contributed by atoms with Crippen LogP contribution in [-0.4, -0.2) is 36.6 Å². The molecule has 0 saturated heterocycles. The third-order valence-electron chi connectivity index (χ3n) is 2.29. The Hall–Kier alpha value is 1.08. The molecular weight excluding hydrogens is 632 g/mol. The molecule has 0 bridgehead atoms. The van der Waals surface area contributed by atoms with E-state index in [0.29, 0.717) is 0 Å². The van der Waals surface area contributed by atoms with Crippen LogP contribution in [0.25, 0.3) is 0 Å². The molecule has 140 valence electrons. The monoisotopic (exact) mass is 628 g/mol. The summed E-state index contributed by atoms with van der Waals surface area (Å²) < 4.78 is 145. The molecule has 0 amide bonds. The number of hydrogen-bond donors (Lipinski definition) is 0. The number of alkyl halides is 16. The van der Waals surface area contributed by atoms with Gasteiger partial charge in [0.15, 0.2) is 0 Å². The van der Waals surface area contributed by atoms with E-state index in [1.165, 1.54) is 0 Å². The van der Waals surface area contributed by atoms with Gasteiger partial charge in [0.25, 0.3) is 0 Å². The highest BCUT2D eigenvalue weighted by molar-refractivity contribution is 9.13. The standard InChI is InChI=1S/C7Br4F12/c8-1(12,6(10,20)21)3(14,15)5(18,19)4(16,17)2(9,13)7(11,22)23. The first kappa shape index (κ1) is 24.1. The van der Waals surface area contributed by atoms with Crippen LogP contribution in [0.2, 0.25) is 0 Å². The van der Waals surface area contributed by atoms with Gasteiger partial charge in [-0.25, -0.2) is 8.78 Å². The van der Waals surface area contributed by atoms with Crippen LogP contribution in [0.5, 0.6) is 0 Å². The van der Waals surface area contributed by atoms with Gasteiger partial charge in [-0.1, -0.05) is 0 Å². The Morgan fingerprint density at radius 1 is 0.348 bits per heavy atom. The van der Waals surface area contributed by atoms with Crippen molar-refractivity contribution in [3.63, 3.8) is 0 Å². The van der Waals surface area contributed by atoms with Crippen LogP contribution in [0.15, 0.2) is 0 Å². The van der Waals surface area contributed by atoms with Crippen LogP contribution in [-0.2, 0) is 0 Å². The van der Waals surface area contributed by atoms with Crippen molar-refractivity contribution in [1.29, 1.82) is 0 Å². The van der Waals surface area contributed by atoms with Crippen LogP contribution in [0.1, 0.15) is 0 Å². The van der Waals surface area contributed by atoms with Crippen LogP contribution < -0.4 is 0 Å². The molecule has 0 nitrogen and oxygen atoms in total. The Labute approximate surface area is 152 Å². The summed E-state index contributed by atoms with van der Waals surface area (Å²) in [5.74, 6) is -21.5. The van der Waals surface area contributed by atoms with Gasteiger partial charge in [0.05, 0.1) is 0 Å². The van der Waals surface area contributed by atoms with Crippen LogP contribution >= 0.6 is 63.7 Å². The Morgan fingerprint density at radius 2 is 0.522 bits per heavy atom. The topological polar surface area (TPSA) is 0 Å². The first-order valence-corrected chi connectivity index (χ1v) is 7.70. The Bertz CT molecular complexity index is 407. The highest BCUT2D eigenvalue weighted by atomic mass is 79.9. The first-order chi connectivity index (χ1) is 9.50. The molecule has 23 heavy (non-hydrogen) atoms. The molecule has 2 atom stereocenters. The summed E-state index contributed by atoms with van der Waals surface area (Å²) >= 11 is 3.43. The zero-order valence-electron chi connectivity index (χ0n) is 9.55. The van der Waals surface area contributed by atoms with Crippen molar-refractivity contribution in [2.75, 3.05) is 0 Å². The Kier molecular flexibility index (Phi) is 6.35. The van der Waals surface area contributed by atoms with Crippen molar-refractivity contribution >= 4 is 63.7 Å². The third kappa shape index (κ3) is 3.38. The molecule has 0 fully saturated rings. The molecule has 0 heterocycles. The number of rotatable bonds is 6. The van der Waals surface area contributed by atoms with E-state index in [2.05, 4.69) is 0 Å². The Balaban J connectivity index is 6.37. The summed E-state index contributed by atoms with van der Waals surface area (Å²) in [6.07, 6.45) is 0. The van der Waals surface area contributed by atoms with Crippen LogP contribution in [0.4, 0.5) is 52.7 Å². The lowest BCUT2D eigenvalue weighted by Crippen LogP contribution is -2.71. The third-order valence-corrected chi connectivity index (χ3v) is 6.44. The second kappa shape index (κ2) is 6.06. The smallest absolute Gasteiger partial charge is 0.216 e. The fourth-order valence-corrected chi connectivity index (χ4v) is 1.94. The molecule has 0 saturated carbocycles. The summed E-state index contributed by atoms with van der Waals surface area (Å²) in [5.41, 5.74) is 0. The Morgan fingerprint density at radius 3 is 0.652 bits per heavy atom. The number of halogens is 16. The minimum absolute atomic E-state index is 0.806. The van der Waals surface area contributed by atoms with Crippen molar-refractivity contribution < 1.29 is 52.7 Å². The van der Waals surface area contributed by atoms with Gasteiger partial charge in [-0.2, -0.15) is 43.9 Å². The van der Waals surface area contributed by atoms with Gasteiger partial charge < -0.3 is 0 Å². The summed E-state index contributed by atoms with van der Waals surface area (Å²) in [4.78, 5) is -11.2. The maximum atomic E-state index is 13.3. The molecule has 0 aliphatic carbocycles. The van der Waals surface area contributed by atoms with Gasteiger partial charge in [-0.05, 0) is 63.7 Å². The lowest BCUT2D eigenvalue weighted by Gasteiger charge is -2.42. The SMILES string of the molecule is FC(F)(Br)C(F)(Br)C(F)(F)C(F)(F)C(F)(F)C(F)(Br)C(F)(F)Br. The van der Waals surface area contributed by atoms with E-state index in [0.717, 1.165) is 63.7 Å². The molecule has 0 radical (unpaired) electrons. The van der Waals surface area contributed by atoms with Gasteiger partial charge in [0.2, 0.25) is 0 Å². The second-order valence-corrected chi connectivity index (χ2v) is 8.04. The highest BCUT2D eigenvalue weighted by Crippen LogP contribution is 2.65. The molecule has 2 unspecified atom stereocenters. The summed E-state index contributed by atoms with van der Waals surface area (Å²) in [5, 5.41) is 0. The lowest BCUT2D eigenvalue weighted by atomic mass is 9.97. The van der Waals surface area contributed by atoms with E-state index >= 15 is 0 Å². The fourth-order valence-electron chi connectivity index (χ4n) is 0.948. The molecular formula is C7Br4F12. The summed E-state index contributed by atoms with van der Waals surface area (Å²) in [6.45, 7) is 0.